The SMILES string of the molecule is CC(C)(C)c1cc(-c2ncnc3sc4cc5sccc5cc4c23)[c-]c2ccsc12.CCC(C)(CC)C(=O)/C=C(\O)C(C)(CC)CC.[Ir]. The summed E-state index contributed by atoms with van der Waals surface area (Å²) in [6, 6.07) is 14.9. The molecule has 0 aliphatic rings. The zero-order valence-corrected chi connectivity index (χ0v) is 33.7. The van der Waals surface area contributed by atoms with Crippen molar-refractivity contribution < 1.29 is 30.0 Å². The second-order valence-corrected chi connectivity index (χ2v) is 16.6. The van der Waals surface area contributed by atoms with Crippen molar-refractivity contribution in [2.45, 2.75) is 93.4 Å². The topological polar surface area (TPSA) is 63.1 Å². The summed E-state index contributed by atoms with van der Waals surface area (Å²) >= 11 is 5.33. The van der Waals surface area contributed by atoms with Crippen LogP contribution in [0, 0.1) is 16.9 Å². The summed E-state index contributed by atoms with van der Waals surface area (Å²) in [7, 11) is 0. The van der Waals surface area contributed by atoms with Crippen molar-refractivity contribution in [2.75, 3.05) is 0 Å². The maximum Gasteiger partial charge on any atom is 0.164 e. The predicted molar refractivity (Wildman–Crippen MR) is 202 cm³/mol. The molecule has 4 heterocycles. The second-order valence-electron chi connectivity index (χ2n) is 13.8. The fourth-order valence-corrected chi connectivity index (χ4v) is 8.67. The molecular weight excluding hydrogens is 817 g/mol. The Labute approximate surface area is 304 Å². The van der Waals surface area contributed by atoms with Gasteiger partial charge >= 0.3 is 0 Å². The van der Waals surface area contributed by atoms with Gasteiger partial charge in [0.15, 0.2) is 5.78 Å². The van der Waals surface area contributed by atoms with Gasteiger partial charge in [0, 0.05) is 57.5 Å². The van der Waals surface area contributed by atoms with Crippen molar-refractivity contribution in [3.63, 3.8) is 0 Å². The molecule has 251 valence electrons. The van der Waals surface area contributed by atoms with E-state index in [0.717, 1.165) is 47.2 Å². The summed E-state index contributed by atoms with van der Waals surface area (Å²) < 4.78 is 3.91. The van der Waals surface area contributed by atoms with E-state index in [1.54, 1.807) is 40.3 Å². The van der Waals surface area contributed by atoms with Gasteiger partial charge in [0.2, 0.25) is 0 Å². The van der Waals surface area contributed by atoms with Crippen LogP contribution in [0.15, 0.2) is 59.3 Å². The molecule has 4 aromatic heterocycles. The first-order valence-electron chi connectivity index (χ1n) is 16.2. The van der Waals surface area contributed by atoms with Crippen LogP contribution in [-0.2, 0) is 30.3 Å². The molecule has 0 amide bonds. The number of ketones is 1. The number of benzene rings is 2. The van der Waals surface area contributed by atoms with Gasteiger partial charge in [-0.25, -0.2) is 4.98 Å². The molecule has 0 saturated carbocycles. The minimum Gasteiger partial charge on any atom is -0.512 e. The average molecular weight is 862 g/mol. The van der Waals surface area contributed by atoms with Gasteiger partial charge in [0.25, 0.3) is 0 Å². The Hall–Kier alpha value is -2.48. The van der Waals surface area contributed by atoms with Crippen LogP contribution in [0.3, 0.4) is 0 Å². The largest absolute Gasteiger partial charge is 0.512 e. The number of nitrogens with zero attached hydrogens (tertiary/aromatic N) is 2. The fraction of sp³-hybridized carbons (Fsp3) is 0.410. The number of rotatable bonds is 8. The molecule has 2 aromatic carbocycles. The van der Waals surface area contributed by atoms with Crippen molar-refractivity contribution in [3.8, 4) is 11.3 Å². The van der Waals surface area contributed by atoms with Gasteiger partial charge in [-0.2, -0.15) is 11.3 Å². The molecule has 0 aliphatic carbocycles. The van der Waals surface area contributed by atoms with Gasteiger partial charge in [-0.1, -0.05) is 73.4 Å². The van der Waals surface area contributed by atoms with Crippen molar-refractivity contribution in [3.05, 3.63) is 70.9 Å². The number of thiophene rings is 3. The van der Waals surface area contributed by atoms with Crippen LogP contribution in [0.1, 0.15) is 93.6 Å². The fourth-order valence-electron chi connectivity index (χ4n) is 5.64. The first-order chi connectivity index (χ1) is 21.8. The molecule has 0 saturated heterocycles. The Balaban J connectivity index is 0.000000242. The van der Waals surface area contributed by atoms with E-state index in [9.17, 15) is 9.90 Å². The Morgan fingerprint density at radius 2 is 1.53 bits per heavy atom. The average Bonchev–Trinajstić information content (AvgIpc) is 3.80. The van der Waals surface area contributed by atoms with Gasteiger partial charge in [0.05, 0.1) is 0 Å². The molecule has 0 aliphatic heterocycles. The van der Waals surface area contributed by atoms with Crippen LogP contribution in [0.4, 0.5) is 0 Å². The molecule has 47 heavy (non-hydrogen) atoms. The van der Waals surface area contributed by atoms with Crippen molar-refractivity contribution in [1.82, 2.24) is 9.97 Å². The number of hydrogen-bond acceptors (Lipinski definition) is 7. The van der Waals surface area contributed by atoms with Crippen molar-refractivity contribution in [2.24, 2.45) is 10.8 Å². The van der Waals surface area contributed by atoms with Crippen LogP contribution >= 0.6 is 34.0 Å². The van der Waals surface area contributed by atoms with Gasteiger partial charge in [-0.3, -0.25) is 9.78 Å². The van der Waals surface area contributed by atoms with Crippen LogP contribution in [-0.4, -0.2) is 20.9 Å². The Bertz CT molecular complexity index is 2050. The van der Waals surface area contributed by atoms with Gasteiger partial charge in [-0.15, -0.1) is 46.3 Å². The van der Waals surface area contributed by atoms with Crippen LogP contribution in [0.5, 0.6) is 0 Å². The molecule has 0 unspecified atom stereocenters. The third-order valence-electron chi connectivity index (χ3n) is 9.98. The van der Waals surface area contributed by atoms with Crippen LogP contribution < -0.4 is 0 Å². The molecule has 6 aromatic rings. The molecule has 0 fully saturated rings. The first kappa shape index (κ1) is 37.3. The van der Waals surface area contributed by atoms with E-state index >= 15 is 0 Å². The number of hydrogen-bond donors (Lipinski definition) is 1. The van der Waals surface area contributed by atoms with Gasteiger partial charge in [0.1, 0.15) is 16.9 Å². The first-order valence-corrected chi connectivity index (χ1v) is 18.8. The normalized spacial score (nSPS) is 12.8. The maximum absolute atomic E-state index is 12.2. The summed E-state index contributed by atoms with van der Waals surface area (Å²) in [5, 5.41) is 19.3. The molecule has 1 N–H and O–H groups in total. The smallest absolute Gasteiger partial charge is 0.164 e. The number of aliphatic hydroxyl groups is 1. The maximum atomic E-state index is 12.2. The Kier molecular flexibility index (Phi) is 11.6. The van der Waals surface area contributed by atoms with E-state index in [-0.39, 0.29) is 47.9 Å². The van der Waals surface area contributed by atoms with E-state index in [0.29, 0.717) is 0 Å². The van der Waals surface area contributed by atoms with E-state index in [1.165, 1.54) is 41.9 Å². The minimum absolute atomic E-state index is 0. The van der Waals surface area contributed by atoms with Gasteiger partial charge in [-0.05, 0) is 75.5 Å². The number of aromatic nitrogens is 2. The summed E-state index contributed by atoms with van der Waals surface area (Å²) in [4.78, 5) is 22.6. The summed E-state index contributed by atoms with van der Waals surface area (Å²) in [6.45, 7) is 18.9. The second kappa shape index (κ2) is 14.6. The number of allylic oxidation sites excluding steroid dienone is 2. The van der Waals surface area contributed by atoms with E-state index in [1.807, 2.05) is 41.5 Å². The van der Waals surface area contributed by atoms with Crippen molar-refractivity contribution in [1.29, 1.82) is 0 Å². The number of carbonyl (C=O) groups is 1. The molecule has 6 rings (SSSR count). The van der Waals surface area contributed by atoms with Gasteiger partial charge < -0.3 is 5.11 Å². The number of aliphatic hydroxyl groups excluding tert-OH is 1. The molecule has 0 atom stereocenters. The molecule has 4 nitrogen and oxygen atoms in total. The Morgan fingerprint density at radius 3 is 2.17 bits per heavy atom. The number of fused-ring (bicyclic) bond motifs is 5. The quantitative estimate of drug-likeness (QED) is 0.0941. The summed E-state index contributed by atoms with van der Waals surface area (Å²) in [5.41, 5.74) is 2.84. The molecule has 8 heteroatoms. The summed E-state index contributed by atoms with van der Waals surface area (Å²) in [5.74, 6) is 0.286. The van der Waals surface area contributed by atoms with E-state index in [2.05, 4.69) is 72.9 Å². The van der Waals surface area contributed by atoms with Crippen LogP contribution in [0.25, 0.3) is 51.7 Å². The van der Waals surface area contributed by atoms with Crippen molar-refractivity contribution >= 4 is 80.3 Å². The standard InChI is InChI=1S/C24H17N2S3.C15H28O2.Ir/c1-24(2,3)17-10-15(8-14-5-7-28-22(14)17)21-20-16-9-13-4-6-27-18(13)11-19(16)29-23(20)26-12-25-21;1-7-14(5,8-2)12(16)11-13(17)15(6,9-3)10-4;/h4-7,9-12H,1-3H3;11,16H,7-10H2,1-6H3;/q-1;;/b;12-11-;. The molecular formula is C39H45IrN2O2S3-. The number of carbonyl (C=O) groups excluding carboxylic acids is 1. The zero-order valence-electron chi connectivity index (χ0n) is 28.8. The summed E-state index contributed by atoms with van der Waals surface area (Å²) in [6.07, 6.45) is 6.45. The Morgan fingerprint density at radius 1 is 0.872 bits per heavy atom. The monoisotopic (exact) mass is 862 g/mol. The minimum atomic E-state index is -0.337. The third-order valence-corrected chi connectivity index (χ3v) is 12.9. The van der Waals surface area contributed by atoms with E-state index < -0.39 is 0 Å². The molecule has 0 bridgehead atoms. The zero-order chi connectivity index (χ0) is 33.4. The third kappa shape index (κ3) is 7.28. The molecule has 1 radical (unpaired) electrons. The molecule has 0 spiro atoms. The van der Waals surface area contributed by atoms with Crippen LogP contribution in [0.2, 0.25) is 0 Å². The van der Waals surface area contributed by atoms with E-state index in [4.69, 9.17) is 4.98 Å². The predicted octanol–water partition coefficient (Wildman–Crippen LogP) is 12.7.